The summed E-state index contributed by atoms with van der Waals surface area (Å²) >= 11 is 0. The van der Waals surface area contributed by atoms with Crippen LogP contribution < -0.4 is 5.32 Å². The number of carbonyl (C=O) groups excluding carboxylic acids is 2. The van der Waals surface area contributed by atoms with Crippen molar-refractivity contribution < 1.29 is 19.1 Å². The fourth-order valence-corrected chi connectivity index (χ4v) is 2.67. The van der Waals surface area contributed by atoms with Gasteiger partial charge in [-0.2, -0.15) is 0 Å². The standard InChI is InChI=1S/C16H21NO4/c1-3-20-15(18)12-10-13(16(19)21-4-2)17-14(12)11-8-6-5-7-9-11/h5-9,12-14,17H,3-4,10H2,1-2H3/t12-,13+,14+/m1/s1. The molecule has 0 aromatic heterocycles. The first kappa shape index (κ1) is 15.5. The highest BCUT2D eigenvalue weighted by molar-refractivity contribution is 5.80. The van der Waals surface area contributed by atoms with Gasteiger partial charge >= 0.3 is 11.9 Å². The number of hydrogen-bond acceptors (Lipinski definition) is 5. The van der Waals surface area contributed by atoms with Crippen molar-refractivity contribution in [3.8, 4) is 0 Å². The van der Waals surface area contributed by atoms with Gasteiger partial charge < -0.3 is 9.47 Å². The molecule has 0 radical (unpaired) electrons. The third-order valence-corrected chi connectivity index (χ3v) is 3.59. The lowest BCUT2D eigenvalue weighted by atomic mass is 9.93. The Morgan fingerprint density at radius 1 is 1.10 bits per heavy atom. The highest BCUT2D eigenvalue weighted by Gasteiger charge is 2.43. The van der Waals surface area contributed by atoms with E-state index in [1.165, 1.54) is 0 Å². The van der Waals surface area contributed by atoms with Gasteiger partial charge in [0.05, 0.1) is 19.1 Å². The quantitative estimate of drug-likeness (QED) is 0.839. The van der Waals surface area contributed by atoms with Gasteiger partial charge in [-0.1, -0.05) is 30.3 Å². The van der Waals surface area contributed by atoms with Crippen molar-refractivity contribution in [2.45, 2.75) is 32.4 Å². The topological polar surface area (TPSA) is 64.6 Å². The molecule has 5 heteroatoms. The van der Waals surface area contributed by atoms with Gasteiger partial charge in [0.2, 0.25) is 0 Å². The lowest BCUT2D eigenvalue weighted by Gasteiger charge is -2.18. The van der Waals surface area contributed by atoms with Crippen molar-refractivity contribution in [3.63, 3.8) is 0 Å². The molecule has 5 nitrogen and oxygen atoms in total. The third-order valence-electron chi connectivity index (χ3n) is 3.59. The van der Waals surface area contributed by atoms with Crippen LogP contribution in [0, 0.1) is 5.92 Å². The smallest absolute Gasteiger partial charge is 0.323 e. The maximum absolute atomic E-state index is 12.1. The Morgan fingerprint density at radius 2 is 1.71 bits per heavy atom. The first-order valence-corrected chi connectivity index (χ1v) is 7.31. The Balaban J connectivity index is 2.18. The fourth-order valence-electron chi connectivity index (χ4n) is 2.67. The van der Waals surface area contributed by atoms with E-state index in [9.17, 15) is 9.59 Å². The van der Waals surface area contributed by atoms with Gasteiger partial charge in [-0.25, -0.2) is 0 Å². The Kier molecular flexibility index (Phi) is 5.33. The molecule has 0 bridgehead atoms. The molecule has 0 unspecified atom stereocenters. The molecule has 0 amide bonds. The van der Waals surface area contributed by atoms with Crippen LogP contribution in [0.15, 0.2) is 30.3 Å². The highest BCUT2D eigenvalue weighted by atomic mass is 16.5. The second-order valence-electron chi connectivity index (χ2n) is 4.95. The third kappa shape index (κ3) is 3.61. The van der Waals surface area contributed by atoms with Gasteiger partial charge in [0.25, 0.3) is 0 Å². The Labute approximate surface area is 124 Å². The summed E-state index contributed by atoms with van der Waals surface area (Å²) in [6.07, 6.45) is 0.400. The highest BCUT2D eigenvalue weighted by Crippen LogP contribution is 2.34. The average molecular weight is 291 g/mol. The molecule has 1 heterocycles. The zero-order valence-corrected chi connectivity index (χ0v) is 12.4. The van der Waals surface area contributed by atoms with Crippen LogP contribution in [0.25, 0.3) is 0 Å². The first-order chi connectivity index (χ1) is 10.2. The summed E-state index contributed by atoms with van der Waals surface area (Å²) in [6, 6.07) is 8.94. The molecule has 1 aromatic carbocycles. The predicted octanol–water partition coefficient (Wildman–Crippen LogP) is 1.83. The largest absolute Gasteiger partial charge is 0.466 e. The maximum atomic E-state index is 12.1. The van der Waals surface area contributed by atoms with Gasteiger partial charge in [0.1, 0.15) is 6.04 Å². The van der Waals surface area contributed by atoms with Crippen LogP contribution in [0.3, 0.4) is 0 Å². The molecule has 21 heavy (non-hydrogen) atoms. The molecule has 0 spiro atoms. The summed E-state index contributed by atoms with van der Waals surface area (Å²) in [5.41, 5.74) is 0.974. The normalized spacial score (nSPS) is 24.6. The fraction of sp³-hybridized carbons (Fsp3) is 0.500. The number of nitrogens with one attached hydrogen (secondary N) is 1. The molecule has 1 fully saturated rings. The summed E-state index contributed by atoms with van der Waals surface area (Å²) in [5.74, 6) is -0.961. The molecule has 0 saturated carbocycles. The Bertz CT molecular complexity index is 488. The molecule has 2 rings (SSSR count). The molecular formula is C16H21NO4. The van der Waals surface area contributed by atoms with Gasteiger partial charge in [0.15, 0.2) is 0 Å². The molecule has 114 valence electrons. The number of esters is 2. The van der Waals surface area contributed by atoms with Crippen LogP contribution in [-0.4, -0.2) is 31.2 Å². The van der Waals surface area contributed by atoms with Crippen molar-refractivity contribution in [2.75, 3.05) is 13.2 Å². The summed E-state index contributed by atoms with van der Waals surface area (Å²) in [5, 5.41) is 3.21. The maximum Gasteiger partial charge on any atom is 0.323 e. The lowest BCUT2D eigenvalue weighted by Crippen LogP contribution is -2.33. The Hall–Kier alpha value is -1.88. The minimum absolute atomic E-state index is 0.223. The van der Waals surface area contributed by atoms with Crippen molar-refractivity contribution in [2.24, 2.45) is 5.92 Å². The first-order valence-electron chi connectivity index (χ1n) is 7.31. The van der Waals surface area contributed by atoms with Gasteiger partial charge in [0, 0.05) is 6.04 Å². The molecular weight excluding hydrogens is 270 g/mol. The van der Waals surface area contributed by atoms with E-state index in [2.05, 4.69) is 5.32 Å². The van der Waals surface area contributed by atoms with Gasteiger partial charge in [-0.3, -0.25) is 14.9 Å². The van der Waals surface area contributed by atoms with E-state index in [-0.39, 0.29) is 23.9 Å². The summed E-state index contributed by atoms with van der Waals surface area (Å²) in [7, 11) is 0. The molecule has 1 aliphatic rings. The minimum Gasteiger partial charge on any atom is -0.466 e. The van der Waals surface area contributed by atoms with Crippen LogP contribution in [-0.2, 0) is 19.1 Å². The number of carbonyl (C=O) groups is 2. The second kappa shape index (κ2) is 7.22. The van der Waals surface area contributed by atoms with E-state index in [4.69, 9.17) is 9.47 Å². The number of hydrogen-bond donors (Lipinski definition) is 1. The zero-order chi connectivity index (χ0) is 15.2. The molecule has 3 atom stereocenters. The van der Waals surface area contributed by atoms with E-state index in [0.717, 1.165) is 5.56 Å². The van der Waals surface area contributed by atoms with Gasteiger partial charge in [-0.05, 0) is 25.8 Å². The lowest BCUT2D eigenvalue weighted by molar-refractivity contribution is -0.148. The molecule has 1 aliphatic heterocycles. The SMILES string of the molecule is CCOC(=O)[C@@H]1C[C@@H](C(=O)OCC)[C@H](c2ccccc2)N1. The van der Waals surface area contributed by atoms with Crippen LogP contribution >= 0.6 is 0 Å². The number of ether oxygens (including phenoxy) is 2. The van der Waals surface area contributed by atoms with Crippen LogP contribution in [0.5, 0.6) is 0 Å². The monoisotopic (exact) mass is 291 g/mol. The molecule has 0 aliphatic carbocycles. The summed E-state index contributed by atoms with van der Waals surface area (Å²) in [6.45, 7) is 4.21. The molecule has 1 aromatic rings. The van der Waals surface area contributed by atoms with Crippen LogP contribution in [0.1, 0.15) is 31.9 Å². The van der Waals surface area contributed by atoms with E-state index in [1.807, 2.05) is 30.3 Å². The molecule has 1 N–H and O–H groups in total. The van der Waals surface area contributed by atoms with E-state index < -0.39 is 6.04 Å². The predicted molar refractivity (Wildman–Crippen MR) is 77.5 cm³/mol. The molecule has 1 saturated heterocycles. The number of benzene rings is 1. The Morgan fingerprint density at radius 3 is 2.33 bits per heavy atom. The van der Waals surface area contributed by atoms with E-state index in [0.29, 0.717) is 19.6 Å². The second-order valence-corrected chi connectivity index (χ2v) is 4.95. The van der Waals surface area contributed by atoms with E-state index >= 15 is 0 Å². The number of rotatable bonds is 5. The average Bonchev–Trinajstić information content (AvgIpc) is 2.94. The minimum atomic E-state index is -0.468. The van der Waals surface area contributed by atoms with Crippen molar-refractivity contribution in [1.29, 1.82) is 0 Å². The van der Waals surface area contributed by atoms with E-state index in [1.54, 1.807) is 13.8 Å². The zero-order valence-electron chi connectivity index (χ0n) is 12.4. The van der Waals surface area contributed by atoms with Crippen LogP contribution in [0.4, 0.5) is 0 Å². The van der Waals surface area contributed by atoms with Crippen LogP contribution in [0.2, 0.25) is 0 Å². The van der Waals surface area contributed by atoms with Crippen molar-refractivity contribution >= 4 is 11.9 Å². The summed E-state index contributed by atoms with van der Waals surface area (Å²) < 4.78 is 10.2. The van der Waals surface area contributed by atoms with Crippen molar-refractivity contribution in [1.82, 2.24) is 5.32 Å². The van der Waals surface area contributed by atoms with Gasteiger partial charge in [-0.15, -0.1) is 0 Å². The summed E-state index contributed by atoms with van der Waals surface area (Å²) in [4.78, 5) is 24.1. The van der Waals surface area contributed by atoms with Crippen molar-refractivity contribution in [3.05, 3.63) is 35.9 Å².